The van der Waals surface area contributed by atoms with Crippen molar-refractivity contribution >= 4 is 0 Å². The van der Waals surface area contributed by atoms with E-state index in [0.717, 1.165) is 0 Å². The van der Waals surface area contributed by atoms with Crippen LogP contribution in [0.5, 0.6) is 0 Å². The van der Waals surface area contributed by atoms with Crippen LogP contribution in [0.1, 0.15) is 13.8 Å². The Morgan fingerprint density at radius 3 is 2.25 bits per heavy atom. The van der Waals surface area contributed by atoms with E-state index in [1.165, 1.54) is 0 Å². The highest BCUT2D eigenvalue weighted by Crippen LogP contribution is 2.22. The van der Waals surface area contributed by atoms with E-state index < -0.39 is 37.3 Å². The zero-order valence-corrected chi connectivity index (χ0v) is 9.48. The average Bonchev–Trinajstić information content (AvgIpc) is 2.25. The minimum absolute atomic E-state index is 0.257. The van der Waals surface area contributed by atoms with Gasteiger partial charge in [0.25, 0.3) is 0 Å². The first-order chi connectivity index (χ1) is 7.47. The van der Waals surface area contributed by atoms with Gasteiger partial charge in [0.15, 0.2) is 6.29 Å². The molecule has 0 aromatic heterocycles. The van der Waals surface area contributed by atoms with Gasteiger partial charge >= 0.3 is 0 Å². The molecule has 16 heavy (non-hydrogen) atoms. The van der Waals surface area contributed by atoms with E-state index in [4.69, 9.17) is 14.6 Å². The summed E-state index contributed by atoms with van der Waals surface area (Å²) in [7, 11) is 0. The van der Waals surface area contributed by atoms with E-state index in [9.17, 15) is 15.3 Å². The van der Waals surface area contributed by atoms with Crippen LogP contribution in [-0.4, -0.2) is 64.3 Å². The van der Waals surface area contributed by atoms with E-state index in [0.29, 0.717) is 6.61 Å². The molecule has 1 heterocycles. The first-order valence-electron chi connectivity index (χ1n) is 5.39. The molecule has 0 radical (unpaired) electrons. The molecule has 0 bridgehead atoms. The standard InChI is InChI=1S/C10H20O6/c1-5(2)4-15-10-9(14)8(13)7(12)6(3-11)16-10/h5-14H,3-4H2,1-2H3/t6-,7-,8+,9+,10?/m1/s1. The van der Waals surface area contributed by atoms with Crippen molar-refractivity contribution in [2.75, 3.05) is 13.2 Å². The van der Waals surface area contributed by atoms with Gasteiger partial charge in [-0.2, -0.15) is 0 Å². The molecule has 1 aliphatic rings. The van der Waals surface area contributed by atoms with Gasteiger partial charge in [-0.3, -0.25) is 0 Å². The molecule has 0 aromatic rings. The molecule has 6 heteroatoms. The number of rotatable bonds is 4. The zero-order chi connectivity index (χ0) is 12.3. The molecule has 0 aliphatic carbocycles. The minimum atomic E-state index is -1.37. The van der Waals surface area contributed by atoms with Crippen LogP contribution < -0.4 is 0 Å². The lowest BCUT2D eigenvalue weighted by atomic mass is 9.99. The van der Waals surface area contributed by atoms with Crippen molar-refractivity contribution in [2.45, 2.75) is 44.6 Å². The van der Waals surface area contributed by atoms with Crippen LogP contribution in [0.2, 0.25) is 0 Å². The number of aliphatic hydroxyl groups excluding tert-OH is 4. The highest BCUT2D eigenvalue weighted by atomic mass is 16.7. The molecule has 4 N–H and O–H groups in total. The van der Waals surface area contributed by atoms with Gasteiger partial charge in [-0.05, 0) is 5.92 Å². The third-order valence-electron chi connectivity index (χ3n) is 2.44. The fourth-order valence-electron chi connectivity index (χ4n) is 1.49. The van der Waals surface area contributed by atoms with Gasteiger partial charge in [0.2, 0.25) is 0 Å². The van der Waals surface area contributed by atoms with E-state index >= 15 is 0 Å². The first-order valence-corrected chi connectivity index (χ1v) is 5.39. The normalized spacial score (nSPS) is 40.3. The summed E-state index contributed by atoms with van der Waals surface area (Å²) in [5, 5.41) is 37.5. The Hall–Kier alpha value is -0.240. The summed E-state index contributed by atoms with van der Waals surface area (Å²) < 4.78 is 10.4. The maximum Gasteiger partial charge on any atom is 0.186 e. The lowest BCUT2D eigenvalue weighted by Gasteiger charge is -2.39. The second kappa shape index (κ2) is 5.90. The van der Waals surface area contributed by atoms with E-state index in [1.54, 1.807) is 0 Å². The van der Waals surface area contributed by atoms with Gasteiger partial charge < -0.3 is 29.9 Å². The lowest BCUT2D eigenvalue weighted by molar-refractivity contribution is -0.302. The highest BCUT2D eigenvalue weighted by Gasteiger charge is 2.43. The summed E-state index contributed by atoms with van der Waals surface area (Å²) in [6.45, 7) is 3.79. The van der Waals surface area contributed by atoms with Crippen LogP contribution in [0.25, 0.3) is 0 Å². The number of aliphatic hydroxyl groups is 4. The summed E-state index contributed by atoms with van der Waals surface area (Å²) in [5.41, 5.74) is 0. The smallest absolute Gasteiger partial charge is 0.186 e. The monoisotopic (exact) mass is 236 g/mol. The van der Waals surface area contributed by atoms with Crippen molar-refractivity contribution in [1.29, 1.82) is 0 Å². The summed E-state index contributed by atoms with van der Waals surface area (Å²) in [5.74, 6) is 0.257. The van der Waals surface area contributed by atoms with Crippen LogP contribution >= 0.6 is 0 Å². The summed E-state index contributed by atoms with van der Waals surface area (Å²) in [4.78, 5) is 0. The highest BCUT2D eigenvalue weighted by molar-refractivity contribution is 4.88. The van der Waals surface area contributed by atoms with Crippen molar-refractivity contribution in [3.05, 3.63) is 0 Å². The topological polar surface area (TPSA) is 99.4 Å². The number of hydrogen-bond acceptors (Lipinski definition) is 6. The lowest BCUT2D eigenvalue weighted by Crippen LogP contribution is -2.59. The second-order valence-corrected chi connectivity index (χ2v) is 4.42. The number of hydrogen-bond donors (Lipinski definition) is 4. The van der Waals surface area contributed by atoms with Gasteiger partial charge in [-0.1, -0.05) is 13.8 Å². The maximum absolute atomic E-state index is 9.59. The second-order valence-electron chi connectivity index (χ2n) is 4.42. The molecule has 5 atom stereocenters. The fraction of sp³-hybridized carbons (Fsp3) is 1.00. The predicted octanol–water partition coefficient (Wildman–Crippen LogP) is -1.54. The Kier molecular flexibility index (Phi) is 5.10. The average molecular weight is 236 g/mol. The molecule has 1 fully saturated rings. The number of ether oxygens (including phenoxy) is 2. The van der Waals surface area contributed by atoms with Crippen LogP contribution in [0.4, 0.5) is 0 Å². The molecule has 0 spiro atoms. The molecular formula is C10H20O6. The third-order valence-corrected chi connectivity index (χ3v) is 2.44. The van der Waals surface area contributed by atoms with Gasteiger partial charge in [-0.25, -0.2) is 0 Å². The Morgan fingerprint density at radius 2 is 1.75 bits per heavy atom. The maximum atomic E-state index is 9.59. The molecule has 1 aliphatic heterocycles. The van der Waals surface area contributed by atoms with E-state index in [1.807, 2.05) is 13.8 Å². The van der Waals surface area contributed by atoms with Crippen LogP contribution in [0, 0.1) is 5.92 Å². The van der Waals surface area contributed by atoms with Gasteiger partial charge in [0.1, 0.15) is 24.4 Å². The van der Waals surface area contributed by atoms with Gasteiger partial charge in [0, 0.05) is 0 Å². The Balaban J connectivity index is 2.56. The quantitative estimate of drug-likeness (QED) is 0.472. The molecular weight excluding hydrogens is 216 g/mol. The summed E-state index contributed by atoms with van der Waals surface area (Å²) in [6, 6.07) is 0. The zero-order valence-electron chi connectivity index (χ0n) is 9.48. The van der Waals surface area contributed by atoms with Gasteiger partial charge in [0.05, 0.1) is 13.2 Å². The summed E-state index contributed by atoms with van der Waals surface area (Å²) in [6.07, 6.45) is -5.94. The third kappa shape index (κ3) is 3.13. The Morgan fingerprint density at radius 1 is 1.12 bits per heavy atom. The summed E-state index contributed by atoms with van der Waals surface area (Å²) >= 11 is 0. The van der Waals surface area contributed by atoms with E-state index in [2.05, 4.69) is 0 Å². The minimum Gasteiger partial charge on any atom is -0.394 e. The molecule has 1 saturated heterocycles. The molecule has 1 rings (SSSR count). The molecule has 96 valence electrons. The largest absolute Gasteiger partial charge is 0.394 e. The Bertz CT molecular complexity index is 207. The fourth-order valence-corrected chi connectivity index (χ4v) is 1.49. The molecule has 0 amide bonds. The van der Waals surface area contributed by atoms with Crippen molar-refractivity contribution in [3.8, 4) is 0 Å². The van der Waals surface area contributed by atoms with Crippen LogP contribution in [0.15, 0.2) is 0 Å². The molecule has 1 unspecified atom stereocenters. The van der Waals surface area contributed by atoms with Crippen LogP contribution in [0.3, 0.4) is 0 Å². The SMILES string of the molecule is CC(C)COC1O[C@H](CO)[C@@H](O)[C@H](O)[C@@H]1O. The van der Waals surface area contributed by atoms with Crippen molar-refractivity contribution in [3.63, 3.8) is 0 Å². The first kappa shape index (κ1) is 13.8. The van der Waals surface area contributed by atoms with Crippen molar-refractivity contribution in [2.24, 2.45) is 5.92 Å². The molecule has 0 saturated carbocycles. The molecule has 6 nitrogen and oxygen atoms in total. The Labute approximate surface area is 94.4 Å². The molecule has 0 aromatic carbocycles. The van der Waals surface area contributed by atoms with Crippen molar-refractivity contribution < 1.29 is 29.9 Å². The van der Waals surface area contributed by atoms with Gasteiger partial charge in [-0.15, -0.1) is 0 Å². The van der Waals surface area contributed by atoms with Crippen LogP contribution in [-0.2, 0) is 9.47 Å². The van der Waals surface area contributed by atoms with Crippen molar-refractivity contribution in [1.82, 2.24) is 0 Å². The predicted molar refractivity (Wildman–Crippen MR) is 54.6 cm³/mol. The van der Waals surface area contributed by atoms with E-state index in [-0.39, 0.29) is 5.92 Å².